The number of hydrogen-bond donors (Lipinski definition) is 1. The summed E-state index contributed by atoms with van der Waals surface area (Å²) in [6, 6.07) is 5.72. The lowest BCUT2D eigenvalue weighted by molar-refractivity contribution is 0.00578. The first-order valence-corrected chi connectivity index (χ1v) is 7.65. The molecule has 2 rings (SSSR count). The van der Waals surface area contributed by atoms with Crippen molar-refractivity contribution in [2.45, 2.75) is 64.8 Å². The van der Waals surface area contributed by atoms with E-state index in [9.17, 15) is 5.11 Å². The van der Waals surface area contributed by atoms with Gasteiger partial charge in [0.1, 0.15) is 0 Å². The van der Waals surface area contributed by atoms with Crippen LogP contribution in [-0.2, 0) is 15.7 Å². The summed E-state index contributed by atoms with van der Waals surface area (Å²) in [5, 5.41) is 10.6. The zero-order valence-corrected chi connectivity index (χ0v) is 14.4. The molecule has 0 amide bonds. The summed E-state index contributed by atoms with van der Waals surface area (Å²) in [7, 11) is -0.436. The van der Waals surface area contributed by atoms with Gasteiger partial charge in [-0.3, -0.25) is 0 Å². The van der Waals surface area contributed by atoms with Gasteiger partial charge in [0.05, 0.1) is 16.8 Å². The molecule has 0 spiro atoms. The van der Waals surface area contributed by atoms with Crippen molar-refractivity contribution in [2.75, 3.05) is 0 Å². The molecule has 1 N–H and O–H groups in total. The molecule has 0 radical (unpaired) electrons. The van der Waals surface area contributed by atoms with Gasteiger partial charge in [0, 0.05) is 11.4 Å². The molecular weight excluding hydrogens is 286 g/mol. The van der Waals surface area contributed by atoms with E-state index in [0.29, 0.717) is 11.4 Å². The first-order chi connectivity index (χ1) is 9.40. The minimum absolute atomic E-state index is 0.379. The maximum Gasteiger partial charge on any atom is 0.494 e. The Bertz CT molecular complexity index is 519. The number of benzene rings is 1. The van der Waals surface area contributed by atoms with Crippen molar-refractivity contribution in [3.63, 3.8) is 0 Å². The molecule has 1 fully saturated rings. The van der Waals surface area contributed by atoms with Gasteiger partial charge in [-0.05, 0) is 64.7 Å². The molecular formula is C16H24BClO3. The average molecular weight is 311 g/mol. The third-order valence-corrected chi connectivity index (χ3v) is 4.36. The van der Waals surface area contributed by atoms with Gasteiger partial charge in [0.2, 0.25) is 0 Å². The Morgan fingerprint density at radius 1 is 1.10 bits per heavy atom. The molecule has 116 valence electrons. The van der Waals surface area contributed by atoms with E-state index in [1.807, 2.05) is 45.9 Å². The fourth-order valence-corrected chi connectivity index (χ4v) is 2.66. The lowest BCUT2D eigenvalue weighted by Crippen LogP contribution is -2.41. The molecule has 0 unspecified atom stereocenters. The molecule has 1 aromatic rings. The summed E-state index contributed by atoms with van der Waals surface area (Å²) in [5.41, 5.74) is 0.324. The van der Waals surface area contributed by atoms with Gasteiger partial charge in [0.15, 0.2) is 0 Å². The second-order valence-corrected chi connectivity index (χ2v) is 7.91. The van der Waals surface area contributed by atoms with Crippen molar-refractivity contribution in [1.82, 2.24) is 0 Å². The molecule has 0 atom stereocenters. The van der Waals surface area contributed by atoms with Crippen LogP contribution >= 0.6 is 11.6 Å². The summed E-state index contributed by atoms with van der Waals surface area (Å²) in [6.07, 6.45) is 0.528. The maximum atomic E-state index is 9.98. The van der Waals surface area contributed by atoms with Crippen LogP contribution in [0.5, 0.6) is 0 Å². The Labute approximate surface area is 132 Å². The van der Waals surface area contributed by atoms with Crippen molar-refractivity contribution in [2.24, 2.45) is 0 Å². The molecule has 0 saturated carbocycles. The molecule has 1 saturated heterocycles. The van der Waals surface area contributed by atoms with Gasteiger partial charge in [-0.15, -0.1) is 0 Å². The van der Waals surface area contributed by atoms with Gasteiger partial charge in [-0.1, -0.05) is 17.7 Å². The molecule has 1 aromatic carbocycles. The molecule has 3 nitrogen and oxygen atoms in total. The smallest absolute Gasteiger partial charge is 0.399 e. The fourth-order valence-electron chi connectivity index (χ4n) is 2.39. The van der Waals surface area contributed by atoms with Crippen LogP contribution in [0.25, 0.3) is 0 Å². The summed E-state index contributed by atoms with van der Waals surface area (Å²) in [6.45, 7) is 11.7. The number of aliphatic hydroxyl groups is 1. The van der Waals surface area contributed by atoms with Crippen molar-refractivity contribution >= 4 is 24.2 Å². The summed E-state index contributed by atoms with van der Waals surface area (Å²) in [4.78, 5) is 0. The van der Waals surface area contributed by atoms with E-state index >= 15 is 0 Å². The predicted molar refractivity (Wildman–Crippen MR) is 87.2 cm³/mol. The number of hydrogen-bond acceptors (Lipinski definition) is 3. The Morgan fingerprint density at radius 2 is 1.62 bits per heavy atom. The van der Waals surface area contributed by atoms with E-state index in [0.717, 1.165) is 11.0 Å². The van der Waals surface area contributed by atoms with Crippen LogP contribution in [0, 0.1) is 0 Å². The fraction of sp³-hybridized carbons (Fsp3) is 0.625. The lowest BCUT2D eigenvalue weighted by Gasteiger charge is -2.32. The Balaban J connectivity index is 2.30. The minimum Gasteiger partial charge on any atom is -0.399 e. The number of halogens is 1. The Hall–Kier alpha value is -0.545. The monoisotopic (exact) mass is 310 g/mol. The van der Waals surface area contributed by atoms with Crippen LogP contribution < -0.4 is 5.46 Å². The van der Waals surface area contributed by atoms with Gasteiger partial charge in [-0.2, -0.15) is 0 Å². The molecule has 1 heterocycles. The van der Waals surface area contributed by atoms with Crippen LogP contribution in [0.15, 0.2) is 18.2 Å². The van der Waals surface area contributed by atoms with E-state index in [-0.39, 0.29) is 11.2 Å². The second-order valence-electron chi connectivity index (χ2n) is 7.47. The quantitative estimate of drug-likeness (QED) is 0.872. The predicted octanol–water partition coefficient (Wildman–Crippen LogP) is 2.95. The lowest BCUT2D eigenvalue weighted by atomic mass is 9.77. The normalized spacial score (nSPS) is 20.9. The van der Waals surface area contributed by atoms with Crippen molar-refractivity contribution < 1.29 is 14.4 Å². The highest BCUT2D eigenvalue weighted by atomic mass is 35.5. The minimum atomic E-state index is -0.780. The molecule has 21 heavy (non-hydrogen) atoms. The van der Waals surface area contributed by atoms with E-state index in [2.05, 4.69) is 0 Å². The van der Waals surface area contributed by atoms with Crippen LogP contribution in [0.1, 0.15) is 47.1 Å². The van der Waals surface area contributed by atoms with Gasteiger partial charge in [0.25, 0.3) is 0 Å². The molecule has 0 aromatic heterocycles. The highest BCUT2D eigenvalue weighted by Crippen LogP contribution is 2.36. The van der Waals surface area contributed by atoms with E-state index in [1.165, 1.54) is 0 Å². The van der Waals surface area contributed by atoms with E-state index < -0.39 is 12.7 Å². The summed E-state index contributed by atoms with van der Waals surface area (Å²) < 4.78 is 12.1. The van der Waals surface area contributed by atoms with Gasteiger partial charge in [-0.25, -0.2) is 0 Å². The van der Waals surface area contributed by atoms with Crippen molar-refractivity contribution in [1.29, 1.82) is 0 Å². The summed E-state index contributed by atoms with van der Waals surface area (Å²) in [5.74, 6) is 0. The highest BCUT2D eigenvalue weighted by molar-refractivity contribution is 6.62. The average Bonchev–Trinajstić information content (AvgIpc) is 2.44. The van der Waals surface area contributed by atoms with Crippen molar-refractivity contribution in [3.8, 4) is 0 Å². The zero-order chi connectivity index (χ0) is 16.1. The number of rotatable bonds is 3. The van der Waals surface area contributed by atoms with Gasteiger partial charge < -0.3 is 14.4 Å². The van der Waals surface area contributed by atoms with Crippen LogP contribution in [0.2, 0.25) is 5.02 Å². The second kappa shape index (κ2) is 5.27. The van der Waals surface area contributed by atoms with Crippen LogP contribution in [0.3, 0.4) is 0 Å². The highest BCUT2D eigenvalue weighted by Gasteiger charge is 2.51. The Morgan fingerprint density at radius 3 is 2.10 bits per heavy atom. The standard InChI is InChI=1S/C16H24BClO3/c1-14(2,19)10-11-7-12(9-13(18)8-11)17-20-15(3,4)16(5,6)21-17/h7-9,19H,10H2,1-6H3. The maximum absolute atomic E-state index is 9.98. The Kier molecular flexibility index (Phi) is 4.22. The first-order valence-electron chi connectivity index (χ1n) is 7.27. The van der Waals surface area contributed by atoms with E-state index in [4.69, 9.17) is 20.9 Å². The van der Waals surface area contributed by atoms with Crippen LogP contribution in [-0.4, -0.2) is 29.0 Å². The molecule has 1 aliphatic rings. The molecule has 5 heteroatoms. The molecule has 0 bridgehead atoms. The first kappa shape index (κ1) is 16.8. The molecule has 1 aliphatic heterocycles. The van der Waals surface area contributed by atoms with Crippen LogP contribution in [0.4, 0.5) is 0 Å². The molecule has 0 aliphatic carbocycles. The van der Waals surface area contributed by atoms with Gasteiger partial charge >= 0.3 is 7.12 Å². The third-order valence-electron chi connectivity index (χ3n) is 4.14. The van der Waals surface area contributed by atoms with Crippen molar-refractivity contribution in [3.05, 3.63) is 28.8 Å². The summed E-state index contributed by atoms with van der Waals surface area (Å²) >= 11 is 6.21. The SMILES string of the molecule is CC(C)(O)Cc1cc(Cl)cc(B2OC(C)(C)C(C)(C)O2)c1. The van der Waals surface area contributed by atoms with E-state index in [1.54, 1.807) is 13.8 Å². The largest absolute Gasteiger partial charge is 0.494 e. The topological polar surface area (TPSA) is 38.7 Å². The third kappa shape index (κ3) is 3.81. The zero-order valence-electron chi connectivity index (χ0n) is 13.7.